The third-order valence-corrected chi connectivity index (χ3v) is 5.67. The number of ether oxygens (including phenoxy) is 1. The standard InChI is InChI=1S/C21H20FNO4/c22-14-7-5-13(6-8-14)15(20(25)26)12-23-19(24)17-11-21(17)9-10-27-18-4-2-1-3-16(18)21/h1-8,15,17H,9-12H2,(H,23,24)(H,25,26)/t15?,17-,21-/m0/s1. The summed E-state index contributed by atoms with van der Waals surface area (Å²) in [5.74, 6) is -1.88. The zero-order valence-electron chi connectivity index (χ0n) is 14.7. The molecule has 27 heavy (non-hydrogen) atoms. The van der Waals surface area contributed by atoms with Gasteiger partial charge in [0.05, 0.1) is 12.5 Å². The van der Waals surface area contributed by atoms with Gasteiger partial charge in [-0.05, 0) is 36.6 Å². The van der Waals surface area contributed by atoms with Crippen LogP contribution in [0, 0.1) is 11.7 Å². The zero-order valence-corrected chi connectivity index (χ0v) is 14.7. The van der Waals surface area contributed by atoms with Gasteiger partial charge in [-0.3, -0.25) is 9.59 Å². The van der Waals surface area contributed by atoms with Crippen molar-refractivity contribution in [3.63, 3.8) is 0 Å². The van der Waals surface area contributed by atoms with Gasteiger partial charge in [0.1, 0.15) is 11.6 Å². The Labute approximate surface area is 156 Å². The third-order valence-electron chi connectivity index (χ3n) is 5.67. The number of fused-ring (bicyclic) bond motifs is 2. The fraction of sp³-hybridized carbons (Fsp3) is 0.333. The number of rotatable bonds is 5. The maximum atomic E-state index is 13.1. The lowest BCUT2D eigenvalue weighted by molar-refractivity contribution is -0.138. The lowest BCUT2D eigenvalue weighted by Crippen LogP contribution is -2.35. The smallest absolute Gasteiger partial charge is 0.312 e. The summed E-state index contributed by atoms with van der Waals surface area (Å²) in [6, 6.07) is 13.1. The van der Waals surface area contributed by atoms with E-state index in [0.29, 0.717) is 12.2 Å². The lowest BCUT2D eigenvalue weighted by Gasteiger charge is -2.26. The highest BCUT2D eigenvalue weighted by Crippen LogP contribution is 2.60. The number of aliphatic carboxylic acids is 1. The molecule has 1 unspecified atom stereocenters. The summed E-state index contributed by atoms with van der Waals surface area (Å²) in [7, 11) is 0. The van der Waals surface area contributed by atoms with Crippen LogP contribution in [0.4, 0.5) is 4.39 Å². The number of carbonyl (C=O) groups is 2. The van der Waals surface area contributed by atoms with E-state index in [1.807, 2.05) is 24.3 Å². The molecular formula is C21H20FNO4. The van der Waals surface area contributed by atoms with Crippen LogP contribution in [0.2, 0.25) is 0 Å². The van der Waals surface area contributed by atoms with Crippen LogP contribution in [0.25, 0.3) is 0 Å². The minimum Gasteiger partial charge on any atom is -0.493 e. The van der Waals surface area contributed by atoms with Crippen LogP contribution in [-0.2, 0) is 15.0 Å². The van der Waals surface area contributed by atoms with Gasteiger partial charge in [0, 0.05) is 23.4 Å². The lowest BCUT2D eigenvalue weighted by atomic mass is 9.87. The van der Waals surface area contributed by atoms with Crippen LogP contribution in [0.3, 0.4) is 0 Å². The molecular weight excluding hydrogens is 349 g/mol. The highest BCUT2D eigenvalue weighted by molar-refractivity contribution is 5.86. The monoisotopic (exact) mass is 369 g/mol. The number of carboxylic acid groups (broad SMARTS) is 1. The molecule has 2 aromatic rings. The SMILES string of the molecule is O=C(O)C(CNC(=O)[C@@H]1C[C@]12CCOc1ccccc12)c1ccc(F)cc1. The Balaban J connectivity index is 1.45. The molecule has 2 aliphatic rings. The maximum absolute atomic E-state index is 13.1. The highest BCUT2D eigenvalue weighted by Gasteiger charge is 2.60. The molecule has 5 nitrogen and oxygen atoms in total. The van der Waals surface area contributed by atoms with Crippen molar-refractivity contribution in [1.82, 2.24) is 5.32 Å². The third kappa shape index (κ3) is 3.16. The molecule has 0 saturated heterocycles. The number of benzene rings is 2. The van der Waals surface area contributed by atoms with Crippen LogP contribution >= 0.6 is 0 Å². The van der Waals surface area contributed by atoms with Crippen LogP contribution in [0.15, 0.2) is 48.5 Å². The minimum absolute atomic E-state index is 0.0233. The average molecular weight is 369 g/mol. The molecule has 1 aliphatic carbocycles. The molecule has 2 aromatic carbocycles. The first-order valence-corrected chi connectivity index (χ1v) is 8.99. The van der Waals surface area contributed by atoms with Crippen molar-refractivity contribution in [3.8, 4) is 5.75 Å². The second kappa shape index (κ2) is 6.68. The summed E-state index contributed by atoms with van der Waals surface area (Å²) in [5, 5.41) is 12.3. The van der Waals surface area contributed by atoms with Crippen molar-refractivity contribution in [3.05, 3.63) is 65.5 Å². The summed E-state index contributed by atoms with van der Waals surface area (Å²) < 4.78 is 18.8. The van der Waals surface area contributed by atoms with Crippen molar-refractivity contribution in [2.75, 3.05) is 13.2 Å². The Kier molecular flexibility index (Phi) is 4.34. The molecule has 1 saturated carbocycles. The summed E-state index contributed by atoms with van der Waals surface area (Å²) in [4.78, 5) is 24.3. The molecule has 1 heterocycles. The normalized spacial score (nSPS) is 23.8. The number of hydrogen-bond acceptors (Lipinski definition) is 3. The number of amides is 1. The molecule has 0 aromatic heterocycles. The zero-order chi connectivity index (χ0) is 19.0. The minimum atomic E-state index is -1.05. The number of carbonyl (C=O) groups excluding carboxylic acids is 1. The van der Waals surface area contributed by atoms with E-state index in [1.165, 1.54) is 24.3 Å². The van der Waals surface area contributed by atoms with Gasteiger partial charge >= 0.3 is 5.97 Å². The van der Waals surface area contributed by atoms with E-state index in [2.05, 4.69) is 5.32 Å². The van der Waals surface area contributed by atoms with Crippen molar-refractivity contribution in [1.29, 1.82) is 0 Å². The van der Waals surface area contributed by atoms with Crippen LogP contribution in [-0.4, -0.2) is 30.1 Å². The maximum Gasteiger partial charge on any atom is 0.312 e. The predicted octanol–water partition coefficient (Wildman–Crippen LogP) is 2.85. The van der Waals surface area contributed by atoms with E-state index in [-0.39, 0.29) is 23.8 Å². The molecule has 2 N–H and O–H groups in total. The van der Waals surface area contributed by atoms with E-state index in [0.717, 1.165) is 24.2 Å². The van der Waals surface area contributed by atoms with Gasteiger partial charge < -0.3 is 15.2 Å². The second-order valence-electron chi connectivity index (χ2n) is 7.19. The molecule has 1 spiro atoms. The Hall–Kier alpha value is -2.89. The predicted molar refractivity (Wildman–Crippen MR) is 96.1 cm³/mol. The van der Waals surface area contributed by atoms with E-state index in [4.69, 9.17) is 4.74 Å². The van der Waals surface area contributed by atoms with E-state index < -0.39 is 17.7 Å². The van der Waals surface area contributed by atoms with Gasteiger partial charge in [-0.2, -0.15) is 0 Å². The number of nitrogens with one attached hydrogen (secondary N) is 1. The Bertz CT molecular complexity index is 882. The fourth-order valence-electron chi connectivity index (χ4n) is 4.07. The van der Waals surface area contributed by atoms with Crippen molar-refractivity contribution in [2.24, 2.45) is 5.92 Å². The van der Waals surface area contributed by atoms with Gasteiger partial charge in [-0.15, -0.1) is 0 Å². The summed E-state index contributed by atoms with van der Waals surface area (Å²) in [6.07, 6.45) is 1.52. The molecule has 1 fully saturated rings. The van der Waals surface area contributed by atoms with Gasteiger partial charge in [-0.25, -0.2) is 4.39 Å². The first-order valence-electron chi connectivity index (χ1n) is 8.99. The molecule has 140 valence electrons. The van der Waals surface area contributed by atoms with Crippen LogP contribution < -0.4 is 10.1 Å². The fourth-order valence-corrected chi connectivity index (χ4v) is 4.07. The van der Waals surface area contributed by atoms with E-state index in [9.17, 15) is 19.1 Å². The van der Waals surface area contributed by atoms with Crippen molar-refractivity contribution in [2.45, 2.75) is 24.2 Å². The van der Waals surface area contributed by atoms with Crippen LogP contribution in [0.1, 0.15) is 29.9 Å². The summed E-state index contributed by atoms with van der Waals surface area (Å²) in [5.41, 5.74) is 1.32. The molecule has 3 atom stereocenters. The topological polar surface area (TPSA) is 75.6 Å². The number of halogens is 1. The molecule has 1 aliphatic heterocycles. The summed E-state index contributed by atoms with van der Waals surface area (Å²) >= 11 is 0. The van der Waals surface area contributed by atoms with E-state index >= 15 is 0 Å². The largest absolute Gasteiger partial charge is 0.493 e. The van der Waals surface area contributed by atoms with Gasteiger partial charge in [-0.1, -0.05) is 30.3 Å². The van der Waals surface area contributed by atoms with E-state index in [1.54, 1.807) is 0 Å². The molecule has 6 heteroatoms. The van der Waals surface area contributed by atoms with Gasteiger partial charge in [0.15, 0.2) is 0 Å². The van der Waals surface area contributed by atoms with Crippen molar-refractivity contribution < 1.29 is 23.8 Å². The highest BCUT2D eigenvalue weighted by atomic mass is 19.1. The molecule has 1 amide bonds. The molecule has 0 radical (unpaired) electrons. The van der Waals surface area contributed by atoms with Crippen molar-refractivity contribution >= 4 is 11.9 Å². The molecule has 0 bridgehead atoms. The Morgan fingerprint density at radius 2 is 1.96 bits per heavy atom. The van der Waals surface area contributed by atoms with Gasteiger partial charge in [0.2, 0.25) is 5.91 Å². The number of para-hydroxylation sites is 1. The Morgan fingerprint density at radius 3 is 2.70 bits per heavy atom. The van der Waals surface area contributed by atoms with Crippen LogP contribution in [0.5, 0.6) is 5.75 Å². The van der Waals surface area contributed by atoms with Gasteiger partial charge in [0.25, 0.3) is 0 Å². The quantitative estimate of drug-likeness (QED) is 0.850. The number of hydrogen-bond donors (Lipinski definition) is 2. The average Bonchev–Trinajstić information content (AvgIpc) is 3.38. The Morgan fingerprint density at radius 1 is 1.22 bits per heavy atom. The molecule has 4 rings (SSSR count). The first-order chi connectivity index (χ1) is 13.0. The number of carboxylic acids is 1. The second-order valence-corrected chi connectivity index (χ2v) is 7.19. The first kappa shape index (κ1) is 17.5. The summed E-state index contributed by atoms with van der Waals surface area (Å²) in [6.45, 7) is 0.554.